The van der Waals surface area contributed by atoms with Crippen molar-refractivity contribution in [2.75, 3.05) is 23.5 Å². The lowest BCUT2D eigenvalue weighted by Crippen LogP contribution is -1.80. The Morgan fingerprint density at radius 1 is 1.25 bits per heavy atom. The number of thioether (sulfide) groups is 1. The fourth-order valence-corrected chi connectivity index (χ4v) is 2.63. The molecule has 0 aromatic carbocycles. The van der Waals surface area contributed by atoms with E-state index in [1.165, 1.54) is 17.3 Å². The molecule has 0 aliphatic heterocycles. The molecule has 0 aromatic rings. The predicted molar refractivity (Wildman–Crippen MR) is 49.0 cm³/mol. The molecule has 0 saturated carbocycles. The van der Waals surface area contributed by atoms with Crippen molar-refractivity contribution in [3.05, 3.63) is 0 Å². The summed E-state index contributed by atoms with van der Waals surface area (Å²) in [5.41, 5.74) is 0. The third-order valence-corrected chi connectivity index (χ3v) is 3.61. The highest BCUT2D eigenvalue weighted by atomic mass is 33.1. The van der Waals surface area contributed by atoms with Crippen molar-refractivity contribution in [1.82, 2.24) is 0 Å². The molecule has 0 atom stereocenters. The van der Waals surface area contributed by atoms with Gasteiger partial charge in [0.2, 0.25) is 0 Å². The van der Waals surface area contributed by atoms with E-state index in [4.69, 9.17) is 0 Å². The normalized spacial score (nSPS) is 9.75. The van der Waals surface area contributed by atoms with Gasteiger partial charge in [-0.05, 0) is 12.0 Å². The lowest BCUT2D eigenvalue weighted by Gasteiger charge is -1.93. The standard InChI is InChI=1S/C5H12S3/c1-3-7-4-5-8-6-2/h3-5H2,1-2H3. The largest absolute Gasteiger partial charge is 0.161 e. The van der Waals surface area contributed by atoms with E-state index in [0.29, 0.717) is 0 Å². The van der Waals surface area contributed by atoms with Gasteiger partial charge in [0, 0.05) is 11.5 Å². The topological polar surface area (TPSA) is 0 Å². The van der Waals surface area contributed by atoms with Crippen LogP contribution in [0.1, 0.15) is 6.92 Å². The second kappa shape index (κ2) is 8.05. The number of hydrogen-bond donors (Lipinski definition) is 0. The van der Waals surface area contributed by atoms with Crippen LogP contribution in [0.15, 0.2) is 0 Å². The molecule has 50 valence electrons. The minimum atomic E-state index is 1.26. The van der Waals surface area contributed by atoms with Gasteiger partial charge in [0.1, 0.15) is 0 Å². The smallest absolute Gasteiger partial charge is 0.0128 e. The molecular formula is C5H12S3. The van der Waals surface area contributed by atoms with E-state index in [0.717, 1.165) is 0 Å². The van der Waals surface area contributed by atoms with Crippen molar-refractivity contribution < 1.29 is 0 Å². The Balaban J connectivity index is 2.53. The molecule has 0 spiro atoms. The summed E-state index contributed by atoms with van der Waals surface area (Å²) in [5, 5.41) is 0. The molecule has 0 rings (SSSR count). The first-order valence-electron chi connectivity index (χ1n) is 2.65. The molecule has 8 heavy (non-hydrogen) atoms. The highest BCUT2D eigenvalue weighted by Gasteiger charge is 1.84. The second-order valence-corrected chi connectivity index (χ2v) is 5.26. The Hall–Kier alpha value is 1.05. The Morgan fingerprint density at radius 2 is 2.00 bits per heavy atom. The average molecular weight is 168 g/mol. The zero-order valence-corrected chi connectivity index (χ0v) is 7.80. The zero-order chi connectivity index (χ0) is 6.24. The van der Waals surface area contributed by atoms with Gasteiger partial charge in [-0.15, -0.1) is 0 Å². The van der Waals surface area contributed by atoms with Gasteiger partial charge in [0.05, 0.1) is 0 Å². The Morgan fingerprint density at radius 3 is 2.50 bits per heavy atom. The monoisotopic (exact) mass is 168 g/mol. The van der Waals surface area contributed by atoms with E-state index in [9.17, 15) is 0 Å². The van der Waals surface area contributed by atoms with Crippen LogP contribution in [0, 0.1) is 0 Å². The zero-order valence-electron chi connectivity index (χ0n) is 5.35. The van der Waals surface area contributed by atoms with Crippen LogP contribution in [-0.4, -0.2) is 23.5 Å². The summed E-state index contributed by atoms with van der Waals surface area (Å²) in [6.07, 6.45) is 2.13. The van der Waals surface area contributed by atoms with Crippen LogP contribution in [0.4, 0.5) is 0 Å². The van der Waals surface area contributed by atoms with Crippen LogP contribution in [-0.2, 0) is 0 Å². The van der Waals surface area contributed by atoms with Gasteiger partial charge in [-0.25, -0.2) is 0 Å². The first-order valence-corrected chi connectivity index (χ1v) is 6.53. The van der Waals surface area contributed by atoms with Gasteiger partial charge in [-0.2, -0.15) is 11.8 Å². The Labute approximate surface area is 64.0 Å². The predicted octanol–water partition coefficient (Wildman–Crippen LogP) is 2.75. The summed E-state index contributed by atoms with van der Waals surface area (Å²) in [5.74, 6) is 3.86. The van der Waals surface area contributed by atoms with E-state index in [1.54, 1.807) is 0 Å². The maximum absolute atomic E-state index is 2.20. The molecule has 0 radical (unpaired) electrons. The first kappa shape index (κ1) is 9.05. The van der Waals surface area contributed by atoms with E-state index < -0.39 is 0 Å². The highest BCUT2D eigenvalue weighted by Crippen LogP contribution is 2.17. The third-order valence-electron chi connectivity index (χ3n) is 0.633. The lowest BCUT2D eigenvalue weighted by atomic mass is 10.9. The minimum Gasteiger partial charge on any atom is -0.161 e. The van der Waals surface area contributed by atoms with Crippen LogP contribution >= 0.6 is 33.3 Å². The summed E-state index contributed by atoms with van der Waals surface area (Å²) in [6.45, 7) is 2.20. The number of rotatable bonds is 5. The van der Waals surface area contributed by atoms with Crippen LogP contribution in [0.5, 0.6) is 0 Å². The molecule has 3 heteroatoms. The van der Waals surface area contributed by atoms with Crippen LogP contribution < -0.4 is 0 Å². The van der Waals surface area contributed by atoms with Gasteiger partial charge in [-0.3, -0.25) is 0 Å². The van der Waals surface area contributed by atoms with Gasteiger partial charge in [0.15, 0.2) is 0 Å². The van der Waals surface area contributed by atoms with Crippen molar-refractivity contribution in [2.45, 2.75) is 6.92 Å². The summed E-state index contributed by atoms with van der Waals surface area (Å²) < 4.78 is 0. The molecule has 0 saturated heterocycles. The summed E-state index contributed by atoms with van der Waals surface area (Å²) in [4.78, 5) is 0. The average Bonchev–Trinajstić information content (AvgIpc) is 1.81. The number of hydrogen-bond acceptors (Lipinski definition) is 3. The molecule has 0 fully saturated rings. The van der Waals surface area contributed by atoms with Crippen molar-refractivity contribution in [2.24, 2.45) is 0 Å². The quantitative estimate of drug-likeness (QED) is 0.458. The highest BCUT2D eigenvalue weighted by molar-refractivity contribution is 8.76. The Bertz CT molecular complexity index is 32.7. The maximum Gasteiger partial charge on any atom is 0.0128 e. The molecule has 0 amide bonds. The fourth-order valence-electron chi connectivity index (χ4n) is 0.321. The molecule has 0 aromatic heterocycles. The fraction of sp³-hybridized carbons (Fsp3) is 1.00. The van der Waals surface area contributed by atoms with Crippen LogP contribution in [0.2, 0.25) is 0 Å². The van der Waals surface area contributed by atoms with Gasteiger partial charge in [0.25, 0.3) is 0 Å². The van der Waals surface area contributed by atoms with Gasteiger partial charge >= 0.3 is 0 Å². The van der Waals surface area contributed by atoms with E-state index in [1.807, 2.05) is 33.3 Å². The van der Waals surface area contributed by atoms with Gasteiger partial charge < -0.3 is 0 Å². The molecule has 0 aliphatic rings. The molecular weight excluding hydrogens is 156 g/mol. The van der Waals surface area contributed by atoms with Crippen molar-refractivity contribution in [3.8, 4) is 0 Å². The lowest BCUT2D eigenvalue weighted by molar-refractivity contribution is 1.48. The maximum atomic E-state index is 2.20. The summed E-state index contributed by atoms with van der Waals surface area (Å²) in [7, 11) is 3.80. The molecule has 0 N–H and O–H groups in total. The van der Waals surface area contributed by atoms with E-state index >= 15 is 0 Å². The van der Waals surface area contributed by atoms with E-state index in [-0.39, 0.29) is 0 Å². The third kappa shape index (κ3) is 7.05. The first-order chi connectivity index (χ1) is 3.91. The van der Waals surface area contributed by atoms with Crippen molar-refractivity contribution >= 4 is 33.3 Å². The molecule has 0 nitrogen and oxygen atoms in total. The summed E-state index contributed by atoms with van der Waals surface area (Å²) >= 11 is 2.01. The molecule has 0 unspecified atom stereocenters. The summed E-state index contributed by atoms with van der Waals surface area (Å²) in [6, 6.07) is 0. The van der Waals surface area contributed by atoms with Crippen molar-refractivity contribution in [1.29, 1.82) is 0 Å². The van der Waals surface area contributed by atoms with Crippen LogP contribution in [0.25, 0.3) is 0 Å². The Kier molecular flexibility index (Phi) is 9.11. The van der Waals surface area contributed by atoms with E-state index in [2.05, 4.69) is 13.2 Å². The second-order valence-electron chi connectivity index (χ2n) is 1.19. The molecule has 0 heterocycles. The SMILES string of the molecule is CCSCCSSC. The molecule has 0 aliphatic carbocycles. The minimum absolute atomic E-state index is 1.26. The van der Waals surface area contributed by atoms with Crippen LogP contribution in [0.3, 0.4) is 0 Å². The van der Waals surface area contributed by atoms with Crippen molar-refractivity contribution in [3.63, 3.8) is 0 Å². The molecule has 0 bridgehead atoms. The van der Waals surface area contributed by atoms with Gasteiger partial charge in [-0.1, -0.05) is 28.5 Å².